The number of anilines is 1. The van der Waals surface area contributed by atoms with Gasteiger partial charge in [-0.25, -0.2) is 9.59 Å². The highest BCUT2D eigenvalue weighted by atomic mass is 35.5. The fourth-order valence-electron chi connectivity index (χ4n) is 1.68. The number of alkyl halides is 3. The predicted octanol–water partition coefficient (Wildman–Crippen LogP) is 3.10. The van der Waals surface area contributed by atoms with Crippen LogP contribution in [0.15, 0.2) is 18.2 Å². The first kappa shape index (κ1) is 15.4. The van der Waals surface area contributed by atoms with Gasteiger partial charge in [0.25, 0.3) is 0 Å². The van der Waals surface area contributed by atoms with Gasteiger partial charge in [0, 0.05) is 0 Å². The molecule has 0 aromatic heterocycles. The summed E-state index contributed by atoms with van der Waals surface area (Å²) < 4.78 is 37.4. The molecule has 3 N–H and O–H groups in total. The Balaban J connectivity index is 2.07. The van der Waals surface area contributed by atoms with Crippen molar-refractivity contribution in [2.75, 3.05) is 5.32 Å². The number of carbonyl (C=O) groups is 2. The van der Waals surface area contributed by atoms with E-state index in [0.717, 1.165) is 12.1 Å². The zero-order chi connectivity index (χ0) is 15.8. The number of amides is 2. The van der Waals surface area contributed by atoms with Gasteiger partial charge in [0.1, 0.15) is 5.54 Å². The normalized spacial score (nSPS) is 16.2. The van der Waals surface area contributed by atoms with Gasteiger partial charge in [-0.05, 0) is 31.0 Å². The third-order valence-corrected chi connectivity index (χ3v) is 3.37. The van der Waals surface area contributed by atoms with Crippen LogP contribution in [0.2, 0.25) is 5.02 Å². The quantitative estimate of drug-likeness (QED) is 0.800. The summed E-state index contributed by atoms with van der Waals surface area (Å²) in [7, 11) is 0. The maximum absolute atomic E-state index is 12.5. The Morgan fingerprint density at radius 2 is 1.90 bits per heavy atom. The second-order valence-electron chi connectivity index (χ2n) is 4.66. The molecule has 21 heavy (non-hydrogen) atoms. The molecule has 0 radical (unpaired) electrons. The molecular formula is C12H10ClF3N2O3. The standard InChI is InChI=1S/C12H10ClF3N2O3/c13-7-5-6(12(14,15)16)1-2-8(7)17-10(21)18-11(3-4-11)9(19)20/h1-2,5H,3-4H2,(H,19,20)(H2,17,18,21). The molecule has 0 aliphatic heterocycles. The summed E-state index contributed by atoms with van der Waals surface area (Å²) in [5.74, 6) is -1.16. The molecule has 0 atom stereocenters. The second kappa shape index (κ2) is 5.10. The minimum atomic E-state index is -4.54. The van der Waals surface area contributed by atoms with E-state index in [1.165, 1.54) is 0 Å². The zero-order valence-corrected chi connectivity index (χ0v) is 11.2. The minimum absolute atomic E-state index is 0.0386. The average Bonchev–Trinajstić information content (AvgIpc) is 3.11. The predicted molar refractivity (Wildman–Crippen MR) is 68.2 cm³/mol. The van der Waals surface area contributed by atoms with Crippen molar-refractivity contribution in [1.82, 2.24) is 5.32 Å². The van der Waals surface area contributed by atoms with Crippen LogP contribution in [0, 0.1) is 0 Å². The molecule has 9 heteroatoms. The lowest BCUT2D eigenvalue weighted by atomic mass is 10.2. The van der Waals surface area contributed by atoms with E-state index in [0.29, 0.717) is 18.9 Å². The number of rotatable bonds is 3. The fraction of sp³-hybridized carbons (Fsp3) is 0.333. The second-order valence-corrected chi connectivity index (χ2v) is 5.07. The molecular weight excluding hydrogens is 313 g/mol. The van der Waals surface area contributed by atoms with E-state index in [4.69, 9.17) is 16.7 Å². The number of benzene rings is 1. The van der Waals surface area contributed by atoms with Crippen molar-refractivity contribution in [3.05, 3.63) is 28.8 Å². The Kier molecular flexibility index (Phi) is 3.75. The van der Waals surface area contributed by atoms with Crippen LogP contribution in [0.3, 0.4) is 0 Å². The Morgan fingerprint density at radius 3 is 2.33 bits per heavy atom. The van der Waals surface area contributed by atoms with Crippen LogP contribution in [-0.4, -0.2) is 22.6 Å². The average molecular weight is 323 g/mol. The summed E-state index contributed by atoms with van der Waals surface area (Å²) >= 11 is 5.67. The monoisotopic (exact) mass is 322 g/mol. The number of carboxylic acids is 1. The number of halogens is 4. The molecule has 0 heterocycles. The smallest absolute Gasteiger partial charge is 0.416 e. The van der Waals surface area contributed by atoms with E-state index in [9.17, 15) is 22.8 Å². The van der Waals surface area contributed by atoms with Crippen LogP contribution >= 0.6 is 11.6 Å². The van der Waals surface area contributed by atoms with Crippen LogP contribution in [0.25, 0.3) is 0 Å². The van der Waals surface area contributed by atoms with Crippen LogP contribution in [0.5, 0.6) is 0 Å². The number of aliphatic carboxylic acids is 1. The van der Waals surface area contributed by atoms with Crippen molar-refractivity contribution in [3.63, 3.8) is 0 Å². The third-order valence-electron chi connectivity index (χ3n) is 3.06. The molecule has 1 aromatic rings. The van der Waals surface area contributed by atoms with Crippen molar-refractivity contribution in [1.29, 1.82) is 0 Å². The topological polar surface area (TPSA) is 78.4 Å². The van der Waals surface area contributed by atoms with Gasteiger partial charge in [-0.3, -0.25) is 0 Å². The molecule has 5 nitrogen and oxygen atoms in total. The van der Waals surface area contributed by atoms with E-state index >= 15 is 0 Å². The Morgan fingerprint density at radius 1 is 1.29 bits per heavy atom. The maximum Gasteiger partial charge on any atom is 0.416 e. The Bertz CT molecular complexity index is 600. The largest absolute Gasteiger partial charge is 0.480 e. The van der Waals surface area contributed by atoms with Gasteiger partial charge < -0.3 is 15.7 Å². The Hall–Kier alpha value is -1.96. The first-order valence-corrected chi connectivity index (χ1v) is 6.21. The van der Waals surface area contributed by atoms with Crippen molar-refractivity contribution in [3.8, 4) is 0 Å². The van der Waals surface area contributed by atoms with E-state index in [2.05, 4.69) is 10.6 Å². The molecule has 1 saturated carbocycles. The van der Waals surface area contributed by atoms with Gasteiger partial charge in [-0.1, -0.05) is 11.6 Å². The molecule has 1 aliphatic rings. The number of urea groups is 1. The molecule has 0 unspecified atom stereocenters. The van der Waals surface area contributed by atoms with Gasteiger partial charge in [0.15, 0.2) is 0 Å². The fourth-order valence-corrected chi connectivity index (χ4v) is 1.91. The summed E-state index contributed by atoms with van der Waals surface area (Å²) in [6, 6.07) is 1.62. The molecule has 2 rings (SSSR count). The SMILES string of the molecule is O=C(Nc1ccc(C(F)(F)F)cc1Cl)NC1(C(=O)O)CC1. The molecule has 1 fully saturated rings. The lowest BCUT2D eigenvalue weighted by Crippen LogP contribution is -2.45. The van der Waals surface area contributed by atoms with Crippen LogP contribution in [0.4, 0.5) is 23.7 Å². The van der Waals surface area contributed by atoms with Crippen LogP contribution in [0.1, 0.15) is 18.4 Å². The summed E-state index contributed by atoms with van der Waals surface area (Å²) in [6.07, 6.45) is -3.93. The zero-order valence-electron chi connectivity index (χ0n) is 10.4. The highest BCUT2D eigenvalue weighted by molar-refractivity contribution is 6.33. The van der Waals surface area contributed by atoms with E-state index in [-0.39, 0.29) is 10.7 Å². The maximum atomic E-state index is 12.5. The van der Waals surface area contributed by atoms with E-state index in [1.807, 2.05) is 0 Å². The lowest BCUT2D eigenvalue weighted by molar-refractivity contribution is -0.140. The molecule has 1 aromatic carbocycles. The third kappa shape index (κ3) is 3.38. The lowest BCUT2D eigenvalue weighted by Gasteiger charge is -2.15. The molecule has 2 amide bonds. The van der Waals surface area contributed by atoms with E-state index < -0.39 is 29.3 Å². The van der Waals surface area contributed by atoms with Gasteiger partial charge in [-0.2, -0.15) is 13.2 Å². The summed E-state index contributed by atoms with van der Waals surface area (Å²) in [5, 5.41) is 13.1. The highest BCUT2D eigenvalue weighted by Crippen LogP contribution is 2.36. The van der Waals surface area contributed by atoms with Crippen molar-refractivity contribution >= 4 is 29.3 Å². The number of hydrogen-bond donors (Lipinski definition) is 3. The number of hydrogen-bond acceptors (Lipinski definition) is 2. The minimum Gasteiger partial charge on any atom is -0.480 e. The highest BCUT2D eigenvalue weighted by Gasteiger charge is 2.51. The van der Waals surface area contributed by atoms with Gasteiger partial charge in [-0.15, -0.1) is 0 Å². The summed E-state index contributed by atoms with van der Waals surface area (Å²) in [6.45, 7) is 0. The van der Waals surface area contributed by atoms with Crippen molar-refractivity contribution < 1.29 is 27.9 Å². The molecule has 0 spiro atoms. The molecule has 114 valence electrons. The van der Waals surface area contributed by atoms with E-state index in [1.54, 1.807) is 0 Å². The van der Waals surface area contributed by atoms with Gasteiger partial charge >= 0.3 is 18.2 Å². The number of nitrogens with one attached hydrogen (secondary N) is 2. The van der Waals surface area contributed by atoms with Gasteiger partial charge in [0.05, 0.1) is 16.3 Å². The van der Waals surface area contributed by atoms with Crippen LogP contribution in [-0.2, 0) is 11.0 Å². The summed E-state index contributed by atoms with van der Waals surface area (Å²) in [5.41, 5.74) is -2.27. The van der Waals surface area contributed by atoms with Gasteiger partial charge in [0.2, 0.25) is 0 Å². The van der Waals surface area contributed by atoms with Crippen molar-refractivity contribution in [2.24, 2.45) is 0 Å². The number of carboxylic acid groups (broad SMARTS) is 1. The summed E-state index contributed by atoms with van der Waals surface area (Å²) in [4.78, 5) is 22.5. The first-order valence-electron chi connectivity index (χ1n) is 5.83. The Labute approximate surface area is 122 Å². The molecule has 0 saturated heterocycles. The first-order chi connectivity index (χ1) is 9.64. The molecule has 1 aliphatic carbocycles. The molecule has 0 bridgehead atoms. The van der Waals surface area contributed by atoms with Crippen molar-refractivity contribution in [2.45, 2.75) is 24.6 Å². The van der Waals surface area contributed by atoms with Crippen LogP contribution < -0.4 is 10.6 Å². The number of carbonyl (C=O) groups excluding carboxylic acids is 1.